The molecular weight excluding hydrogens is 180 g/mol. The van der Waals surface area contributed by atoms with E-state index in [4.69, 9.17) is 10.6 Å². The Hall–Kier alpha value is -0.810. The van der Waals surface area contributed by atoms with Crippen LogP contribution in [0.15, 0.2) is 4.99 Å². The van der Waals surface area contributed by atoms with Gasteiger partial charge >= 0.3 is 0 Å². The van der Waals surface area contributed by atoms with Gasteiger partial charge in [0.2, 0.25) is 5.96 Å². The molecule has 1 rings (SSSR count). The van der Waals surface area contributed by atoms with Crippen molar-refractivity contribution in [3.05, 3.63) is 0 Å². The van der Waals surface area contributed by atoms with E-state index >= 15 is 0 Å². The highest BCUT2D eigenvalue weighted by Gasteiger charge is 2.13. The van der Waals surface area contributed by atoms with Crippen molar-refractivity contribution in [2.45, 2.75) is 13.8 Å². The average Bonchev–Trinajstić information content (AvgIpc) is 2.20. The van der Waals surface area contributed by atoms with Gasteiger partial charge in [-0.15, -0.1) is 0 Å². The molecule has 14 heavy (non-hydrogen) atoms. The first-order valence-corrected chi connectivity index (χ1v) is 5.07. The highest BCUT2D eigenvalue weighted by Crippen LogP contribution is 1.99. The second kappa shape index (κ2) is 5.82. The van der Waals surface area contributed by atoms with Crippen molar-refractivity contribution in [1.82, 2.24) is 10.3 Å². The molecular formula is C9H20N4O. The largest absolute Gasteiger partial charge is 0.378 e. The Morgan fingerprint density at radius 2 is 2.14 bits per heavy atom. The zero-order chi connectivity index (χ0) is 10.4. The molecule has 0 spiro atoms. The normalized spacial score (nSPS) is 18.9. The fraction of sp³-hybridized carbons (Fsp3) is 0.889. The topological polar surface area (TPSA) is 62.9 Å². The minimum absolute atomic E-state index is 0.555. The molecule has 0 aromatic carbocycles. The highest BCUT2D eigenvalue weighted by molar-refractivity contribution is 5.79. The molecule has 0 saturated carbocycles. The molecule has 0 amide bonds. The molecule has 3 N–H and O–H groups in total. The van der Waals surface area contributed by atoms with Gasteiger partial charge in [0.05, 0.1) is 13.2 Å². The number of nitrogens with one attached hydrogen (secondary N) is 1. The van der Waals surface area contributed by atoms with Crippen molar-refractivity contribution >= 4 is 5.96 Å². The summed E-state index contributed by atoms with van der Waals surface area (Å²) in [6.45, 7) is 8.30. The number of rotatable bonds is 2. The Morgan fingerprint density at radius 1 is 1.50 bits per heavy atom. The molecule has 0 aromatic heterocycles. The molecule has 82 valence electrons. The van der Waals surface area contributed by atoms with Crippen LogP contribution in [0.5, 0.6) is 0 Å². The zero-order valence-electron chi connectivity index (χ0n) is 8.99. The van der Waals surface area contributed by atoms with Crippen molar-refractivity contribution in [1.29, 1.82) is 0 Å². The van der Waals surface area contributed by atoms with Crippen molar-refractivity contribution < 1.29 is 4.74 Å². The second-order valence-corrected chi connectivity index (χ2v) is 3.80. The van der Waals surface area contributed by atoms with Crippen LogP contribution in [-0.4, -0.2) is 43.7 Å². The third-order valence-electron chi connectivity index (χ3n) is 2.05. The van der Waals surface area contributed by atoms with E-state index in [1.807, 2.05) is 0 Å². The predicted molar refractivity (Wildman–Crippen MR) is 56.9 cm³/mol. The Morgan fingerprint density at radius 3 is 2.64 bits per heavy atom. The number of hydrogen-bond donors (Lipinski definition) is 2. The SMILES string of the molecule is CC(C)CN=C(NN)N1CCOCC1. The number of guanidine groups is 1. The highest BCUT2D eigenvalue weighted by atomic mass is 16.5. The van der Waals surface area contributed by atoms with Crippen LogP contribution in [0.4, 0.5) is 0 Å². The summed E-state index contributed by atoms with van der Waals surface area (Å²) >= 11 is 0. The molecule has 1 aliphatic rings. The summed E-state index contributed by atoms with van der Waals surface area (Å²) in [4.78, 5) is 6.53. The first kappa shape index (κ1) is 11.3. The van der Waals surface area contributed by atoms with E-state index in [0.717, 1.165) is 38.8 Å². The first-order chi connectivity index (χ1) is 6.74. The lowest BCUT2D eigenvalue weighted by molar-refractivity contribution is 0.0664. The summed E-state index contributed by atoms with van der Waals surface area (Å²) in [5, 5.41) is 0. The molecule has 0 radical (unpaired) electrons. The van der Waals surface area contributed by atoms with Gasteiger partial charge in [-0.2, -0.15) is 0 Å². The molecule has 5 heteroatoms. The molecule has 0 bridgehead atoms. The molecule has 0 aliphatic carbocycles. The van der Waals surface area contributed by atoms with Crippen molar-refractivity contribution in [3.63, 3.8) is 0 Å². The molecule has 5 nitrogen and oxygen atoms in total. The van der Waals surface area contributed by atoms with Gasteiger partial charge in [-0.25, -0.2) is 5.84 Å². The Bertz CT molecular complexity index is 187. The molecule has 1 fully saturated rings. The third-order valence-corrected chi connectivity index (χ3v) is 2.05. The minimum Gasteiger partial charge on any atom is -0.378 e. The fourth-order valence-electron chi connectivity index (χ4n) is 1.28. The maximum atomic E-state index is 5.43. The summed E-state index contributed by atoms with van der Waals surface area (Å²) in [5.74, 6) is 6.76. The van der Waals surface area contributed by atoms with Crippen molar-refractivity contribution in [3.8, 4) is 0 Å². The maximum Gasteiger partial charge on any atom is 0.208 e. The minimum atomic E-state index is 0.555. The molecule has 1 heterocycles. The second-order valence-electron chi connectivity index (χ2n) is 3.80. The predicted octanol–water partition coefficient (Wildman–Crippen LogP) is -0.206. The van der Waals surface area contributed by atoms with Gasteiger partial charge < -0.3 is 9.64 Å². The molecule has 0 unspecified atom stereocenters. The van der Waals surface area contributed by atoms with Crippen molar-refractivity contribution in [2.24, 2.45) is 16.8 Å². The third kappa shape index (κ3) is 3.51. The fourth-order valence-corrected chi connectivity index (χ4v) is 1.28. The van der Waals surface area contributed by atoms with Gasteiger partial charge in [-0.1, -0.05) is 13.8 Å². The standard InChI is InChI=1S/C9H20N4O/c1-8(2)7-11-9(12-10)13-3-5-14-6-4-13/h8H,3-7,10H2,1-2H3,(H,11,12). The number of aliphatic imine (C=N–C) groups is 1. The van der Waals surface area contributed by atoms with Gasteiger partial charge in [0, 0.05) is 19.6 Å². The quantitative estimate of drug-likeness (QED) is 0.280. The zero-order valence-corrected chi connectivity index (χ0v) is 8.99. The lowest BCUT2D eigenvalue weighted by atomic mass is 10.2. The molecule has 1 aliphatic heterocycles. The van der Waals surface area contributed by atoms with Crippen LogP contribution in [0.2, 0.25) is 0 Å². The van der Waals surface area contributed by atoms with Gasteiger partial charge in [0.15, 0.2) is 0 Å². The maximum absolute atomic E-state index is 5.43. The summed E-state index contributed by atoms with van der Waals surface area (Å²) < 4.78 is 5.25. The van der Waals surface area contributed by atoms with Gasteiger partial charge in [0.25, 0.3) is 0 Å². The van der Waals surface area contributed by atoms with Crippen LogP contribution >= 0.6 is 0 Å². The van der Waals surface area contributed by atoms with Crippen LogP contribution < -0.4 is 11.3 Å². The summed E-state index contributed by atoms with van der Waals surface area (Å²) in [6, 6.07) is 0. The summed E-state index contributed by atoms with van der Waals surface area (Å²) in [7, 11) is 0. The van der Waals surface area contributed by atoms with Crippen LogP contribution in [-0.2, 0) is 4.74 Å². The lowest BCUT2D eigenvalue weighted by Crippen LogP contribution is -2.49. The van der Waals surface area contributed by atoms with Gasteiger partial charge in [0.1, 0.15) is 0 Å². The van der Waals surface area contributed by atoms with Crippen LogP contribution in [0.1, 0.15) is 13.8 Å². The van der Waals surface area contributed by atoms with E-state index in [0.29, 0.717) is 5.92 Å². The Balaban J connectivity index is 2.46. The Labute approximate surface area is 85.3 Å². The average molecular weight is 200 g/mol. The van der Waals surface area contributed by atoms with E-state index in [-0.39, 0.29) is 0 Å². The van der Waals surface area contributed by atoms with Gasteiger partial charge in [-0.3, -0.25) is 10.4 Å². The van der Waals surface area contributed by atoms with Crippen molar-refractivity contribution in [2.75, 3.05) is 32.8 Å². The molecule has 0 aromatic rings. The van der Waals surface area contributed by atoms with Gasteiger partial charge in [-0.05, 0) is 5.92 Å². The number of ether oxygens (including phenoxy) is 1. The first-order valence-electron chi connectivity index (χ1n) is 5.07. The monoisotopic (exact) mass is 200 g/mol. The van der Waals surface area contributed by atoms with E-state index in [1.165, 1.54) is 0 Å². The summed E-state index contributed by atoms with van der Waals surface area (Å²) in [6.07, 6.45) is 0. The number of nitrogens with zero attached hydrogens (tertiary/aromatic N) is 2. The number of nitrogens with two attached hydrogens (primary N) is 1. The number of hydrazine groups is 1. The Kier molecular flexibility index (Phi) is 4.69. The van der Waals surface area contributed by atoms with Crippen LogP contribution in [0, 0.1) is 5.92 Å². The lowest BCUT2D eigenvalue weighted by Gasteiger charge is -2.29. The number of morpholine rings is 1. The number of hydrogen-bond acceptors (Lipinski definition) is 3. The van der Waals surface area contributed by atoms with E-state index in [1.54, 1.807) is 0 Å². The van der Waals surface area contributed by atoms with Crippen LogP contribution in [0.25, 0.3) is 0 Å². The smallest absolute Gasteiger partial charge is 0.208 e. The van der Waals surface area contributed by atoms with E-state index < -0.39 is 0 Å². The summed E-state index contributed by atoms with van der Waals surface area (Å²) in [5.41, 5.74) is 2.65. The van der Waals surface area contributed by atoms with E-state index in [2.05, 4.69) is 29.2 Å². The molecule has 0 atom stereocenters. The molecule has 1 saturated heterocycles. The van der Waals surface area contributed by atoms with Crippen LogP contribution in [0.3, 0.4) is 0 Å². The van der Waals surface area contributed by atoms with E-state index in [9.17, 15) is 0 Å².